The minimum Gasteiger partial charge on any atom is -0.326 e. The molecule has 0 aliphatic carbocycles. The Balaban J connectivity index is 2.09. The van der Waals surface area contributed by atoms with Gasteiger partial charge in [0.05, 0.1) is 5.02 Å². The minimum absolute atomic E-state index is 0.118. The summed E-state index contributed by atoms with van der Waals surface area (Å²) in [6, 6.07) is 14.1. The molecule has 1 N–H and O–H groups in total. The maximum Gasteiger partial charge on any atom is 0.221 e. The van der Waals surface area contributed by atoms with E-state index in [4.69, 9.17) is 11.6 Å². The molecule has 4 heteroatoms. The van der Waals surface area contributed by atoms with Crippen molar-refractivity contribution in [3.8, 4) is 0 Å². The molecule has 0 fully saturated rings. The standard InChI is InChI=1S/C17H14ClNO2/c1-12(20)19-14-9-6-13(7-10-14)8-11-17(21)15-4-2-3-5-16(15)18/h2-11H,1H3,(H,19,20)/b11-8+. The van der Waals surface area contributed by atoms with Crippen molar-refractivity contribution < 1.29 is 9.59 Å². The van der Waals surface area contributed by atoms with E-state index < -0.39 is 0 Å². The first kappa shape index (κ1) is 15.0. The first-order valence-electron chi connectivity index (χ1n) is 6.41. The van der Waals surface area contributed by atoms with Crippen LogP contribution in [0.15, 0.2) is 54.6 Å². The van der Waals surface area contributed by atoms with Crippen LogP contribution in [0.4, 0.5) is 5.69 Å². The number of allylic oxidation sites excluding steroid dienone is 1. The fourth-order valence-electron chi connectivity index (χ4n) is 1.80. The second-order valence-electron chi connectivity index (χ2n) is 4.48. The Morgan fingerprint density at radius 1 is 1.05 bits per heavy atom. The van der Waals surface area contributed by atoms with Gasteiger partial charge in [-0.2, -0.15) is 0 Å². The summed E-state index contributed by atoms with van der Waals surface area (Å²) in [6.07, 6.45) is 3.19. The smallest absolute Gasteiger partial charge is 0.221 e. The van der Waals surface area contributed by atoms with Crippen molar-refractivity contribution in [2.24, 2.45) is 0 Å². The lowest BCUT2D eigenvalue weighted by atomic mass is 10.1. The van der Waals surface area contributed by atoms with Gasteiger partial charge in [0, 0.05) is 18.2 Å². The zero-order valence-corrected chi connectivity index (χ0v) is 12.2. The van der Waals surface area contributed by atoms with Crippen LogP contribution in [-0.2, 0) is 4.79 Å². The Morgan fingerprint density at radius 3 is 2.33 bits per heavy atom. The number of hydrogen-bond acceptors (Lipinski definition) is 2. The second-order valence-corrected chi connectivity index (χ2v) is 4.89. The molecule has 0 aliphatic heterocycles. The number of ketones is 1. The summed E-state index contributed by atoms with van der Waals surface area (Å²) in [5, 5.41) is 3.12. The molecule has 2 rings (SSSR count). The van der Waals surface area contributed by atoms with Crippen LogP contribution in [-0.4, -0.2) is 11.7 Å². The van der Waals surface area contributed by atoms with Gasteiger partial charge in [-0.25, -0.2) is 0 Å². The molecule has 0 spiro atoms. The fourth-order valence-corrected chi connectivity index (χ4v) is 2.03. The summed E-state index contributed by atoms with van der Waals surface area (Å²) in [5.41, 5.74) is 2.06. The molecule has 1 amide bonds. The van der Waals surface area contributed by atoms with E-state index in [1.54, 1.807) is 42.5 Å². The number of amides is 1. The third-order valence-corrected chi connectivity index (χ3v) is 3.13. The lowest BCUT2D eigenvalue weighted by molar-refractivity contribution is -0.114. The zero-order valence-electron chi connectivity index (χ0n) is 11.5. The zero-order chi connectivity index (χ0) is 15.2. The normalized spacial score (nSPS) is 10.6. The Morgan fingerprint density at radius 2 is 1.71 bits per heavy atom. The van der Waals surface area contributed by atoms with Crippen LogP contribution in [0.1, 0.15) is 22.8 Å². The average Bonchev–Trinajstić information content (AvgIpc) is 2.46. The van der Waals surface area contributed by atoms with Crippen LogP contribution < -0.4 is 5.32 Å². The largest absolute Gasteiger partial charge is 0.326 e. The lowest BCUT2D eigenvalue weighted by Crippen LogP contribution is -2.05. The SMILES string of the molecule is CC(=O)Nc1ccc(/C=C/C(=O)c2ccccc2Cl)cc1. The molecule has 106 valence electrons. The Kier molecular flexibility index (Phi) is 4.90. The van der Waals surface area contributed by atoms with E-state index in [1.165, 1.54) is 13.0 Å². The van der Waals surface area contributed by atoms with Gasteiger partial charge in [-0.15, -0.1) is 0 Å². The van der Waals surface area contributed by atoms with Crippen LogP contribution in [0, 0.1) is 0 Å². The van der Waals surface area contributed by atoms with Gasteiger partial charge < -0.3 is 5.32 Å². The lowest BCUT2D eigenvalue weighted by Gasteiger charge is -2.02. The molecule has 0 atom stereocenters. The molecule has 0 bridgehead atoms. The molecule has 2 aromatic rings. The van der Waals surface area contributed by atoms with E-state index >= 15 is 0 Å². The molecule has 0 aromatic heterocycles. The highest BCUT2D eigenvalue weighted by Gasteiger charge is 2.05. The van der Waals surface area contributed by atoms with E-state index in [9.17, 15) is 9.59 Å². The first-order chi connectivity index (χ1) is 10.1. The molecule has 0 radical (unpaired) electrons. The molecule has 0 saturated heterocycles. The second kappa shape index (κ2) is 6.86. The van der Waals surface area contributed by atoms with Crippen molar-refractivity contribution in [2.75, 3.05) is 5.32 Å². The number of hydrogen-bond donors (Lipinski definition) is 1. The summed E-state index contributed by atoms with van der Waals surface area (Å²) < 4.78 is 0. The molecular weight excluding hydrogens is 286 g/mol. The third kappa shape index (κ3) is 4.29. The van der Waals surface area contributed by atoms with Crippen LogP contribution in [0.3, 0.4) is 0 Å². The molecule has 0 heterocycles. The van der Waals surface area contributed by atoms with E-state index in [-0.39, 0.29) is 11.7 Å². The maximum atomic E-state index is 12.0. The molecule has 0 saturated carbocycles. The highest BCUT2D eigenvalue weighted by molar-refractivity contribution is 6.34. The first-order valence-corrected chi connectivity index (χ1v) is 6.78. The molecular formula is C17H14ClNO2. The van der Waals surface area contributed by atoms with E-state index in [0.717, 1.165) is 11.3 Å². The summed E-state index contributed by atoms with van der Waals surface area (Å²) >= 11 is 5.98. The van der Waals surface area contributed by atoms with Gasteiger partial charge in [0.25, 0.3) is 0 Å². The predicted octanol–water partition coefficient (Wildman–Crippen LogP) is 4.19. The van der Waals surface area contributed by atoms with Crippen LogP contribution in [0.25, 0.3) is 6.08 Å². The van der Waals surface area contributed by atoms with Gasteiger partial charge in [-0.3, -0.25) is 9.59 Å². The van der Waals surface area contributed by atoms with E-state index in [2.05, 4.69) is 5.32 Å². The number of halogens is 1. The number of carbonyl (C=O) groups is 2. The highest BCUT2D eigenvalue weighted by Crippen LogP contribution is 2.17. The Bertz CT molecular complexity index is 690. The summed E-state index contributed by atoms with van der Waals surface area (Å²) in [7, 11) is 0. The Hall–Kier alpha value is -2.39. The van der Waals surface area contributed by atoms with E-state index in [0.29, 0.717) is 10.6 Å². The van der Waals surface area contributed by atoms with Crippen LogP contribution in [0.2, 0.25) is 5.02 Å². The molecule has 3 nitrogen and oxygen atoms in total. The van der Waals surface area contributed by atoms with Crippen molar-refractivity contribution in [3.05, 3.63) is 70.8 Å². The van der Waals surface area contributed by atoms with Gasteiger partial charge in [0.1, 0.15) is 0 Å². The van der Waals surface area contributed by atoms with Gasteiger partial charge in [-0.1, -0.05) is 41.9 Å². The summed E-state index contributed by atoms with van der Waals surface area (Å²) in [4.78, 5) is 22.9. The topological polar surface area (TPSA) is 46.2 Å². The van der Waals surface area contributed by atoms with Crippen molar-refractivity contribution in [1.29, 1.82) is 0 Å². The van der Waals surface area contributed by atoms with Crippen LogP contribution >= 0.6 is 11.6 Å². The fraction of sp³-hybridized carbons (Fsp3) is 0.0588. The van der Waals surface area contributed by atoms with Crippen molar-refractivity contribution in [1.82, 2.24) is 0 Å². The molecule has 2 aromatic carbocycles. The van der Waals surface area contributed by atoms with Crippen molar-refractivity contribution in [3.63, 3.8) is 0 Å². The van der Waals surface area contributed by atoms with Gasteiger partial charge in [-0.05, 0) is 35.9 Å². The molecule has 21 heavy (non-hydrogen) atoms. The quantitative estimate of drug-likeness (QED) is 0.679. The van der Waals surface area contributed by atoms with Crippen molar-refractivity contribution >= 4 is 35.1 Å². The molecule has 0 aliphatic rings. The van der Waals surface area contributed by atoms with Gasteiger partial charge in [0.2, 0.25) is 5.91 Å². The predicted molar refractivity (Wildman–Crippen MR) is 85.6 cm³/mol. The number of benzene rings is 2. The maximum absolute atomic E-state index is 12.0. The monoisotopic (exact) mass is 299 g/mol. The summed E-state index contributed by atoms with van der Waals surface area (Å²) in [6.45, 7) is 1.45. The molecule has 0 unspecified atom stereocenters. The van der Waals surface area contributed by atoms with Crippen molar-refractivity contribution in [2.45, 2.75) is 6.92 Å². The van der Waals surface area contributed by atoms with Gasteiger partial charge >= 0.3 is 0 Å². The number of nitrogens with one attached hydrogen (secondary N) is 1. The van der Waals surface area contributed by atoms with Gasteiger partial charge in [0.15, 0.2) is 5.78 Å². The number of carbonyl (C=O) groups excluding carboxylic acids is 2. The minimum atomic E-state index is -0.147. The summed E-state index contributed by atoms with van der Waals surface area (Å²) in [5.74, 6) is -0.265. The van der Waals surface area contributed by atoms with Crippen LogP contribution in [0.5, 0.6) is 0 Å². The van der Waals surface area contributed by atoms with E-state index in [1.807, 2.05) is 12.1 Å². The average molecular weight is 300 g/mol. The third-order valence-electron chi connectivity index (χ3n) is 2.80. The Labute approximate surface area is 128 Å². The number of anilines is 1. The highest BCUT2D eigenvalue weighted by atomic mass is 35.5. The number of rotatable bonds is 4.